The van der Waals surface area contributed by atoms with Crippen molar-refractivity contribution in [2.75, 3.05) is 0 Å². The lowest BCUT2D eigenvalue weighted by Crippen LogP contribution is -2.26. The average Bonchev–Trinajstić information content (AvgIpc) is 2.80. The number of nitrogens with one attached hydrogen (secondary N) is 1. The molecule has 0 spiro atoms. The Bertz CT molecular complexity index is 1330. The number of nitrogens with zero attached hydrogens (tertiary/aromatic N) is 3. The zero-order chi connectivity index (χ0) is 23.3. The van der Waals surface area contributed by atoms with E-state index in [1.165, 1.54) is 0 Å². The van der Waals surface area contributed by atoms with Crippen molar-refractivity contribution in [2.24, 2.45) is 4.99 Å². The Hall–Kier alpha value is -3.62. The van der Waals surface area contributed by atoms with E-state index in [1.54, 1.807) is 23.6 Å². The minimum absolute atomic E-state index is 0.206. The second-order valence-corrected chi connectivity index (χ2v) is 7.72. The van der Waals surface area contributed by atoms with Crippen molar-refractivity contribution in [3.63, 3.8) is 0 Å². The second-order valence-electron chi connectivity index (χ2n) is 7.31. The first-order valence-electron chi connectivity index (χ1n) is 10.3. The van der Waals surface area contributed by atoms with Crippen molar-refractivity contribution in [1.29, 1.82) is 5.26 Å². The summed E-state index contributed by atoms with van der Waals surface area (Å²) in [4.78, 5) is 18.4. The van der Waals surface area contributed by atoms with Crippen molar-refractivity contribution in [2.45, 2.75) is 33.7 Å². The standard InChI is InChI=1S/C26H25ClN4O/c1-5-17(3)29-25(19(6-2)16-28)30-18(4)23-15-20-11-10-14-22(27)24(20)26(32)31(23)21-12-8-7-9-13-21/h5-15,18H,1-4H3,(H,29,30)/b17-5-,19-6-. The zero-order valence-electron chi connectivity index (χ0n) is 18.6. The number of aromatic nitrogens is 1. The molecule has 32 heavy (non-hydrogen) atoms. The van der Waals surface area contributed by atoms with E-state index in [1.807, 2.05) is 75.4 Å². The fraction of sp³-hybridized carbons (Fsp3) is 0.192. The molecule has 1 atom stereocenters. The highest BCUT2D eigenvalue weighted by atomic mass is 35.5. The Balaban J connectivity index is 2.30. The summed E-state index contributed by atoms with van der Waals surface area (Å²) in [6.45, 7) is 7.51. The number of halogens is 1. The van der Waals surface area contributed by atoms with Gasteiger partial charge in [-0.1, -0.05) is 54.1 Å². The Labute approximate surface area is 193 Å². The van der Waals surface area contributed by atoms with Crippen LogP contribution in [0.4, 0.5) is 0 Å². The molecule has 162 valence electrons. The van der Waals surface area contributed by atoms with E-state index in [0.717, 1.165) is 16.8 Å². The first-order chi connectivity index (χ1) is 15.4. The molecule has 3 rings (SSSR count). The number of pyridine rings is 1. The highest BCUT2D eigenvalue weighted by Crippen LogP contribution is 2.27. The van der Waals surface area contributed by atoms with Gasteiger partial charge in [0.25, 0.3) is 5.56 Å². The van der Waals surface area contributed by atoms with Crippen LogP contribution in [0, 0.1) is 11.3 Å². The van der Waals surface area contributed by atoms with Crippen LogP contribution < -0.4 is 10.9 Å². The molecule has 2 aromatic carbocycles. The number of rotatable bonds is 5. The van der Waals surface area contributed by atoms with Gasteiger partial charge in [-0.25, -0.2) is 0 Å². The summed E-state index contributed by atoms with van der Waals surface area (Å²) in [5, 5.41) is 14.4. The van der Waals surface area contributed by atoms with Gasteiger partial charge in [0, 0.05) is 11.4 Å². The van der Waals surface area contributed by atoms with Crippen LogP contribution in [0.5, 0.6) is 0 Å². The zero-order valence-corrected chi connectivity index (χ0v) is 19.3. The van der Waals surface area contributed by atoms with Crippen LogP contribution in [0.15, 0.2) is 87.8 Å². The quantitative estimate of drug-likeness (QED) is 0.294. The summed E-state index contributed by atoms with van der Waals surface area (Å²) in [5.74, 6) is 0.455. The fourth-order valence-corrected chi connectivity index (χ4v) is 3.70. The van der Waals surface area contributed by atoms with E-state index >= 15 is 0 Å². The van der Waals surface area contributed by atoms with Crippen molar-refractivity contribution in [3.05, 3.63) is 99.1 Å². The highest BCUT2D eigenvalue weighted by molar-refractivity contribution is 6.35. The number of allylic oxidation sites excluding steroid dienone is 3. The first kappa shape index (κ1) is 23.1. The third-order valence-corrected chi connectivity index (χ3v) is 5.52. The van der Waals surface area contributed by atoms with Gasteiger partial charge in [0.15, 0.2) is 0 Å². The maximum Gasteiger partial charge on any atom is 0.264 e. The molecule has 1 aromatic heterocycles. The molecule has 0 aliphatic carbocycles. The summed E-state index contributed by atoms with van der Waals surface area (Å²) in [7, 11) is 0. The summed E-state index contributed by atoms with van der Waals surface area (Å²) in [6, 6.07) is 18.5. The molecule has 0 saturated carbocycles. The van der Waals surface area contributed by atoms with E-state index in [9.17, 15) is 10.1 Å². The van der Waals surface area contributed by atoms with Crippen LogP contribution in [0.2, 0.25) is 5.02 Å². The van der Waals surface area contributed by atoms with Crippen molar-refractivity contribution in [3.8, 4) is 11.8 Å². The van der Waals surface area contributed by atoms with Gasteiger partial charge in [-0.15, -0.1) is 0 Å². The van der Waals surface area contributed by atoms with Gasteiger partial charge in [-0.3, -0.25) is 14.4 Å². The number of fused-ring (bicyclic) bond motifs is 1. The van der Waals surface area contributed by atoms with Crippen LogP contribution in [-0.4, -0.2) is 10.4 Å². The first-order valence-corrected chi connectivity index (χ1v) is 10.7. The van der Waals surface area contributed by atoms with E-state index in [2.05, 4.69) is 11.4 Å². The topological polar surface area (TPSA) is 70.2 Å². The second kappa shape index (κ2) is 10.1. The number of nitriles is 1. The summed E-state index contributed by atoms with van der Waals surface area (Å²) in [6.07, 6.45) is 3.62. The predicted molar refractivity (Wildman–Crippen MR) is 132 cm³/mol. The summed E-state index contributed by atoms with van der Waals surface area (Å²) in [5.41, 5.74) is 2.51. The largest absolute Gasteiger partial charge is 0.344 e. The molecule has 6 heteroatoms. The summed E-state index contributed by atoms with van der Waals surface area (Å²) >= 11 is 6.39. The van der Waals surface area contributed by atoms with Crippen LogP contribution >= 0.6 is 11.6 Å². The van der Waals surface area contributed by atoms with Crippen molar-refractivity contribution in [1.82, 2.24) is 9.88 Å². The van der Waals surface area contributed by atoms with Crippen molar-refractivity contribution < 1.29 is 0 Å². The number of hydrogen-bond acceptors (Lipinski definition) is 3. The number of aliphatic imine (C=N–C) groups is 1. The fourth-order valence-electron chi connectivity index (χ4n) is 3.43. The third kappa shape index (κ3) is 4.66. The lowest BCUT2D eigenvalue weighted by Gasteiger charge is -2.19. The molecular weight excluding hydrogens is 420 g/mol. The molecule has 0 amide bonds. The molecule has 1 unspecified atom stereocenters. The van der Waals surface area contributed by atoms with E-state index in [-0.39, 0.29) is 5.56 Å². The van der Waals surface area contributed by atoms with Crippen LogP contribution in [-0.2, 0) is 0 Å². The molecule has 5 nitrogen and oxygen atoms in total. The van der Waals surface area contributed by atoms with Crippen LogP contribution in [0.25, 0.3) is 16.5 Å². The molecule has 0 radical (unpaired) electrons. The lowest BCUT2D eigenvalue weighted by atomic mass is 10.1. The van der Waals surface area contributed by atoms with Gasteiger partial charge >= 0.3 is 0 Å². The van der Waals surface area contributed by atoms with E-state index in [0.29, 0.717) is 27.5 Å². The maximum absolute atomic E-state index is 13.6. The smallest absolute Gasteiger partial charge is 0.264 e. The third-order valence-electron chi connectivity index (χ3n) is 5.20. The van der Waals surface area contributed by atoms with Gasteiger partial charge in [0.2, 0.25) is 0 Å². The SMILES string of the molecule is C/C=C(/C)NC(=NC(C)c1cc2cccc(Cl)c2c(=O)n1-c1ccccc1)/C(C#N)=C\C. The Morgan fingerprint density at radius 2 is 1.88 bits per heavy atom. The Morgan fingerprint density at radius 3 is 2.50 bits per heavy atom. The monoisotopic (exact) mass is 444 g/mol. The van der Waals surface area contributed by atoms with Gasteiger partial charge in [0.05, 0.1) is 27.7 Å². The summed E-state index contributed by atoms with van der Waals surface area (Å²) < 4.78 is 1.64. The number of benzene rings is 2. The van der Waals surface area contributed by atoms with E-state index < -0.39 is 6.04 Å². The molecule has 0 saturated heterocycles. The number of hydrogen-bond donors (Lipinski definition) is 1. The van der Waals surface area contributed by atoms with Crippen molar-refractivity contribution >= 4 is 28.2 Å². The normalized spacial score (nSPS) is 13.7. The number of para-hydroxylation sites is 1. The highest BCUT2D eigenvalue weighted by Gasteiger charge is 2.18. The predicted octanol–water partition coefficient (Wildman–Crippen LogP) is 6.09. The molecule has 0 aliphatic rings. The molecule has 0 fully saturated rings. The molecule has 1 N–H and O–H groups in total. The molecule has 0 bridgehead atoms. The molecule has 0 aliphatic heterocycles. The van der Waals surface area contributed by atoms with Crippen LogP contribution in [0.3, 0.4) is 0 Å². The average molecular weight is 445 g/mol. The molecule has 3 aromatic rings. The van der Waals surface area contributed by atoms with Gasteiger partial charge < -0.3 is 5.32 Å². The van der Waals surface area contributed by atoms with Crippen LogP contribution in [0.1, 0.15) is 39.4 Å². The minimum atomic E-state index is -0.429. The molecule has 1 heterocycles. The van der Waals surface area contributed by atoms with Gasteiger partial charge in [-0.2, -0.15) is 5.26 Å². The van der Waals surface area contributed by atoms with Gasteiger partial charge in [0.1, 0.15) is 11.9 Å². The number of amidine groups is 1. The minimum Gasteiger partial charge on any atom is -0.344 e. The van der Waals surface area contributed by atoms with Gasteiger partial charge in [-0.05, 0) is 57.3 Å². The lowest BCUT2D eigenvalue weighted by molar-refractivity contribution is 0.732. The molecular formula is C26H25ClN4O. The Kier molecular flexibility index (Phi) is 7.29. The Morgan fingerprint density at radius 1 is 1.16 bits per heavy atom. The van der Waals surface area contributed by atoms with E-state index in [4.69, 9.17) is 16.6 Å². The maximum atomic E-state index is 13.6.